The summed E-state index contributed by atoms with van der Waals surface area (Å²) >= 11 is 0. The van der Waals surface area contributed by atoms with Crippen molar-refractivity contribution in [2.45, 2.75) is 39.2 Å². The molecular formula is C21H27N5O2. The lowest BCUT2D eigenvalue weighted by Crippen LogP contribution is -2.39. The Morgan fingerprint density at radius 1 is 1.11 bits per heavy atom. The highest BCUT2D eigenvalue weighted by Gasteiger charge is 2.27. The van der Waals surface area contributed by atoms with E-state index in [0.717, 1.165) is 36.4 Å². The van der Waals surface area contributed by atoms with Crippen LogP contribution in [0.15, 0.2) is 41.1 Å². The van der Waals surface area contributed by atoms with Gasteiger partial charge < -0.3 is 18.8 Å². The molecule has 1 fully saturated rings. The second kappa shape index (κ2) is 7.66. The summed E-state index contributed by atoms with van der Waals surface area (Å²) in [5.74, 6) is 1.37. The predicted molar refractivity (Wildman–Crippen MR) is 108 cm³/mol. The van der Waals surface area contributed by atoms with Gasteiger partial charge in [-0.05, 0) is 25.5 Å². The van der Waals surface area contributed by atoms with Crippen LogP contribution in [0, 0.1) is 0 Å². The summed E-state index contributed by atoms with van der Waals surface area (Å²) in [4.78, 5) is 26.2. The van der Waals surface area contributed by atoms with Crippen molar-refractivity contribution in [3.63, 3.8) is 0 Å². The Kier molecular flexibility index (Phi) is 5.07. The summed E-state index contributed by atoms with van der Waals surface area (Å²) in [6.45, 7) is 9.10. The van der Waals surface area contributed by atoms with Crippen LogP contribution in [-0.4, -0.2) is 51.5 Å². The molecule has 0 saturated carbocycles. The number of carbonyl (C=O) groups excluding carboxylic acids is 1. The van der Waals surface area contributed by atoms with E-state index in [1.807, 2.05) is 46.9 Å². The third kappa shape index (κ3) is 3.48. The first-order valence-electron chi connectivity index (χ1n) is 9.96. The van der Waals surface area contributed by atoms with Crippen LogP contribution < -0.4 is 4.90 Å². The molecule has 1 amide bonds. The van der Waals surface area contributed by atoms with E-state index in [4.69, 9.17) is 4.42 Å². The summed E-state index contributed by atoms with van der Waals surface area (Å²) in [5.41, 5.74) is 1.66. The number of hydrogen-bond acceptors (Lipinski definition) is 5. The van der Waals surface area contributed by atoms with Gasteiger partial charge in [-0.3, -0.25) is 4.79 Å². The second-order valence-electron chi connectivity index (χ2n) is 7.65. The van der Waals surface area contributed by atoms with Crippen LogP contribution in [0.4, 0.5) is 6.01 Å². The highest BCUT2D eigenvalue weighted by atomic mass is 16.4. The average Bonchev–Trinajstić information content (AvgIpc) is 3.28. The lowest BCUT2D eigenvalue weighted by molar-refractivity contribution is -0.134. The molecule has 0 radical (unpaired) electrons. The Hall–Kier alpha value is -2.83. The fourth-order valence-corrected chi connectivity index (χ4v) is 3.81. The van der Waals surface area contributed by atoms with Gasteiger partial charge >= 0.3 is 0 Å². The molecule has 1 aliphatic heterocycles. The van der Waals surface area contributed by atoms with Crippen molar-refractivity contribution in [1.29, 1.82) is 0 Å². The molecule has 3 heterocycles. The van der Waals surface area contributed by atoms with Crippen molar-refractivity contribution in [3.8, 4) is 0 Å². The van der Waals surface area contributed by atoms with E-state index in [-0.39, 0.29) is 17.9 Å². The van der Waals surface area contributed by atoms with E-state index < -0.39 is 0 Å². The number of benzene rings is 1. The minimum atomic E-state index is -0.254. The molecule has 0 bridgehead atoms. The SMILES string of the molecule is CC(C)c1nccn1C(C)C(=O)N1CCCN(c2nc3ccccc3o2)CC1. The highest BCUT2D eigenvalue weighted by Crippen LogP contribution is 2.24. The molecule has 0 N–H and O–H groups in total. The van der Waals surface area contributed by atoms with Gasteiger partial charge in [-0.2, -0.15) is 4.98 Å². The third-order valence-corrected chi connectivity index (χ3v) is 5.35. The molecule has 7 heteroatoms. The van der Waals surface area contributed by atoms with Crippen LogP contribution in [0.1, 0.15) is 45.0 Å². The molecular weight excluding hydrogens is 354 g/mol. The second-order valence-corrected chi connectivity index (χ2v) is 7.65. The molecule has 1 saturated heterocycles. The van der Waals surface area contributed by atoms with Crippen molar-refractivity contribution in [3.05, 3.63) is 42.5 Å². The first-order valence-corrected chi connectivity index (χ1v) is 9.96. The van der Waals surface area contributed by atoms with Gasteiger partial charge in [-0.25, -0.2) is 4.98 Å². The Bertz CT molecular complexity index is 928. The smallest absolute Gasteiger partial charge is 0.298 e. The monoisotopic (exact) mass is 381 g/mol. The van der Waals surface area contributed by atoms with Gasteiger partial charge in [0.2, 0.25) is 5.91 Å². The van der Waals surface area contributed by atoms with Gasteiger partial charge in [-0.15, -0.1) is 0 Å². The van der Waals surface area contributed by atoms with E-state index in [1.54, 1.807) is 6.20 Å². The number of carbonyl (C=O) groups is 1. The van der Waals surface area contributed by atoms with E-state index in [1.165, 1.54) is 0 Å². The number of hydrogen-bond donors (Lipinski definition) is 0. The van der Waals surface area contributed by atoms with Gasteiger partial charge in [0.1, 0.15) is 17.4 Å². The zero-order chi connectivity index (χ0) is 19.7. The molecule has 0 spiro atoms. The fourth-order valence-electron chi connectivity index (χ4n) is 3.81. The first kappa shape index (κ1) is 18.5. The van der Waals surface area contributed by atoms with Crippen LogP contribution in [0.2, 0.25) is 0 Å². The molecule has 148 valence electrons. The van der Waals surface area contributed by atoms with Crippen molar-refractivity contribution < 1.29 is 9.21 Å². The standard InChI is InChI=1S/C21H27N5O2/c1-15(2)19-22-9-12-26(19)16(3)20(27)24-10-6-11-25(14-13-24)21-23-17-7-4-5-8-18(17)28-21/h4-5,7-9,12,15-16H,6,10-11,13-14H2,1-3H3. The zero-order valence-corrected chi connectivity index (χ0v) is 16.7. The number of amides is 1. The quantitative estimate of drug-likeness (QED) is 0.692. The van der Waals surface area contributed by atoms with Crippen molar-refractivity contribution in [1.82, 2.24) is 19.4 Å². The van der Waals surface area contributed by atoms with E-state index in [0.29, 0.717) is 19.1 Å². The molecule has 0 aliphatic carbocycles. The normalized spacial score (nSPS) is 16.6. The summed E-state index contributed by atoms with van der Waals surface area (Å²) in [6.07, 6.45) is 4.56. The number of rotatable bonds is 4. The molecule has 4 rings (SSSR count). The minimum absolute atomic E-state index is 0.138. The van der Waals surface area contributed by atoms with Gasteiger partial charge in [0.05, 0.1) is 0 Å². The molecule has 1 atom stereocenters. The third-order valence-electron chi connectivity index (χ3n) is 5.35. The number of nitrogens with zero attached hydrogens (tertiary/aromatic N) is 5. The molecule has 1 aliphatic rings. The number of fused-ring (bicyclic) bond motifs is 1. The van der Waals surface area contributed by atoms with E-state index in [9.17, 15) is 4.79 Å². The van der Waals surface area contributed by atoms with Gasteiger partial charge in [0.15, 0.2) is 5.58 Å². The number of aromatic nitrogens is 3. The minimum Gasteiger partial charge on any atom is -0.423 e. The van der Waals surface area contributed by atoms with Crippen LogP contribution in [0.3, 0.4) is 0 Å². The predicted octanol–water partition coefficient (Wildman–Crippen LogP) is 3.45. The summed E-state index contributed by atoms with van der Waals surface area (Å²) < 4.78 is 7.90. The van der Waals surface area contributed by atoms with Crippen LogP contribution in [0.25, 0.3) is 11.1 Å². The van der Waals surface area contributed by atoms with Crippen molar-refractivity contribution >= 4 is 23.0 Å². The molecule has 1 unspecified atom stereocenters. The molecule has 2 aromatic heterocycles. The largest absolute Gasteiger partial charge is 0.423 e. The van der Waals surface area contributed by atoms with Gasteiger partial charge in [0.25, 0.3) is 6.01 Å². The van der Waals surface area contributed by atoms with Crippen LogP contribution >= 0.6 is 0 Å². The molecule has 7 nitrogen and oxygen atoms in total. The summed E-state index contributed by atoms with van der Waals surface area (Å²) in [6, 6.07) is 8.17. The average molecular weight is 381 g/mol. The van der Waals surface area contributed by atoms with Crippen LogP contribution in [0.5, 0.6) is 0 Å². The maximum atomic E-state index is 13.1. The fraction of sp³-hybridized carbons (Fsp3) is 0.476. The van der Waals surface area contributed by atoms with E-state index in [2.05, 4.69) is 28.7 Å². The number of anilines is 1. The molecule has 3 aromatic rings. The van der Waals surface area contributed by atoms with Gasteiger partial charge in [-0.1, -0.05) is 26.0 Å². The maximum Gasteiger partial charge on any atom is 0.298 e. The Balaban J connectivity index is 1.46. The maximum absolute atomic E-state index is 13.1. The van der Waals surface area contributed by atoms with Crippen LogP contribution in [-0.2, 0) is 4.79 Å². The number of para-hydroxylation sites is 2. The lowest BCUT2D eigenvalue weighted by Gasteiger charge is -2.26. The topological polar surface area (TPSA) is 67.4 Å². The van der Waals surface area contributed by atoms with E-state index >= 15 is 0 Å². The Labute approximate surface area is 165 Å². The summed E-state index contributed by atoms with van der Waals surface area (Å²) in [7, 11) is 0. The molecule has 1 aromatic carbocycles. The summed E-state index contributed by atoms with van der Waals surface area (Å²) in [5, 5.41) is 0. The number of oxazole rings is 1. The van der Waals surface area contributed by atoms with Gasteiger partial charge in [0, 0.05) is 44.5 Å². The lowest BCUT2D eigenvalue weighted by atomic mass is 10.2. The Morgan fingerprint density at radius 2 is 1.93 bits per heavy atom. The molecule has 28 heavy (non-hydrogen) atoms. The van der Waals surface area contributed by atoms with Crippen molar-refractivity contribution in [2.75, 3.05) is 31.1 Å². The zero-order valence-electron chi connectivity index (χ0n) is 16.7. The number of imidazole rings is 1. The Morgan fingerprint density at radius 3 is 2.71 bits per heavy atom. The first-order chi connectivity index (χ1) is 13.5. The highest BCUT2D eigenvalue weighted by molar-refractivity contribution is 5.80. The van der Waals surface area contributed by atoms with Crippen molar-refractivity contribution in [2.24, 2.45) is 0 Å².